The van der Waals surface area contributed by atoms with Crippen molar-refractivity contribution >= 4 is 17.7 Å². The van der Waals surface area contributed by atoms with Gasteiger partial charge in [0.1, 0.15) is 5.82 Å². The third-order valence-electron chi connectivity index (χ3n) is 2.42. The number of nitrogens with zero attached hydrogens (tertiary/aromatic N) is 3. The highest BCUT2D eigenvalue weighted by molar-refractivity contribution is 7.99. The number of rotatable bonds is 1. The van der Waals surface area contributed by atoms with Crippen LogP contribution in [0.25, 0.3) is 0 Å². The maximum absolute atomic E-state index is 12.0. The van der Waals surface area contributed by atoms with E-state index in [9.17, 15) is 4.79 Å². The van der Waals surface area contributed by atoms with Gasteiger partial charge in [-0.25, -0.2) is 4.98 Å². The number of H-pyrrole nitrogens is 1. The van der Waals surface area contributed by atoms with E-state index in [4.69, 9.17) is 0 Å². The van der Waals surface area contributed by atoms with Crippen molar-refractivity contribution in [3.63, 3.8) is 0 Å². The maximum atomic E-state index is 12.0. The van der Waals surface area contributed by atoms with Crippen LogP contribution < -0.4 is 0 Å². The third-order valence-corrected chi connectivity index (χ3v) is 3.61. The molecule has 2 heterocycles. The number of aromatic amines is 1. The molecule has 1 amide bonds. The number of carbonyl (C=O) groups excluding carboxylic acids is 1. The van der Waals surface area contributed by atoms with Crippen LogP contribution in [0.5, 0.6) is 0 Å². The Morgan fingerprint density at radius 2 is 2.47 bits per heavy atom. The number of nitrogens with one attached hydrogen (secondary N) is 1. The van der Waals surface area contributed by atoms with E-state index in [2.05, 4.69) is 22.1 Å². The first-order valence-corrected chi connectivity index (χ1v) is 6.11. The standard InChI is InChI=1S/C9H14N4OS/c1-6-5-15-4-3-13(6)9(14)8-10-7(2)11-12-8/h6H,3-5H2,1-2H3,(H,10,11,12). The summed E-state index contributed by atoms with van der Waals surface area (Å²) in [6, 6.07) is 0.273. The molecule has 1 aliphatic heterocycles. The lowest BCUT2D eigenvalue weighted by Crippen LogP contribution is -2.44. The zero-order chi connectivity index (χ0) is 10.8. The second kappa shape index (κ2) is 4.22. The van der Waals surface area contributed by atoms with Crippen molar-refractivity contribution < 1.29 is 4.79 Å². The molecule has 1 aromatic rings. The van der Waals surface area contributed by atoms with E-state index in [0.29, 0.717) is 5.82 Å². The van der Waals surface area contributed by atoms with E-state index in [-0.39, 0.29) is 17.8 Å². The SMILES string of the molecule is Cc1nc(C(=O)N2CCSCC2C)n[nH]1. The van der Waals surface area contributed by atoms with Crippen LogP contribution in [0.2, 0.25) is 0 Å². The Labute approximate surface area is 92.6 Å². The molecule has 15 heavy (non-hydrogen) atoms. The normalized spacial score (nSPS) is 21.7. The van der Waals surface area contributed by atoms with Crippen LogP contribution in [0, 0.1) is 6.92 Å². The molecule has 0 aromatic carbocycles. The second-order valence-electron chi connectivity index (χ2n) is 3.67. The molecule has 1 unspecified atom stereocenters. The molecule has 1 aromatic heterocycles. The molecule has 2 rings (SSSR count). The molecule has 0 bridgehead atoms. The topological polar surface area (TPSA) is 61.9 Å². The number of aryl methyl sites for hydroxylation is 1. The predicted molar refractivity (Wildman–Crippen MR) is 58.9 cm³/mol. The molecule has 0 spiro atoms. The second-order valence-corrected chi connectivity index (χ2v) is 4.82. The van der Waals surface area contributed by atoms with E-state index in [1.807, 2.05) is 16.7 Å². The van der Waals surface area contributed by atoms with Gasteiger partial charge in [-0.1, -0.05) is 0 Å². The summed E-state index contributed by atoms with van der Waals surface area (Å²) in [6.07, 6.45) is 0. The van der Waals surface area contributed by atoms with Crippen molar-refractivity contribution in [2.45, 2.75) is 19.9 Å². The van der Waals surface area contributed by atoms with Gasteiger partial charge >= 0.3 is 0 Å². The summed E-state index contributed by atoms with van der Waals surface area (Å²) in [5.41, 5.74) is 0. The number of carbonyl (C=O) groups is 1. The summed E-state index contributed by atoms with van der Waals surface area (Å²) in [5.74, 6) is 2.89. The van der Waals surface area contributed by atoms with Crippen LogP contribution in [0.15, 0.2) is 0 Å². The van der Waals surface area contributed by atoms with Gasteiger partial charge in [-0.15, -0.1) is 5.10 Å². The van der Waals surface area contributed by atoms with Crippen LogP contribution in [0.3, 0.4) is 0 Å². The lowest BCUT2D eigenvalue weighted by molar-refractivity contribution is 0.0704. The molecule has 0 radical (unpaired) electrons. The van der Waals surface area contributed by atoms with Gasteiger partial charge in [-0.05, 0) is 13.8 Å². The number of thioether (sulfide) groups is 1. The molecule has 1 N–H and O–H groups in total. The van der Waals surface area contributed by atoms with E-state index in [1.165, 1.54) is 0 Å². The first kappa shape index (κ1) is 10.5. The summed E-state index contributed by atoms with van der Waals surface area (Å²) in [4.78, 5) is 17.9. The fourth-order valence-corrected chi connectivity index (χ4v) is 2.61. The lowest BCUT2D eigenvalue weighted by atomic mass is 10.3. The predicted octanol–water partition coefficient (Wildman–Crippen LogP) is 0.691. The molecular weight excluding hydrogens is 212 g/mol. The minimum atomic E-state index is -0.0628. The smallest absolute Gasteiger partial charge is 0.293 e. The summed E-state index contributed by atoms with van der Waals surface area (Å²) in [6.45, 7) is 4.64. The molecule has 0 saturated carbocycles. The van der Waals surface area contributed by atoms with Crippen LogP contribution >= 0.6 is 11.8 Å². The molecule has 1 fully saturated rings. The van der Waals surface area contributed by atoms with Gasteiger partial charge in [-0.3, -0.25) is 9.89 Å². The summed E-state index contributed by atoms with van der Waals surface area (Å²) in [7, 11) is 0. The fourth-order valence-electron chi connectivity index (χ4n) is 1.60. The van der Waals surface area contributed by atoms with Gasteiger partial charge in [0.15, 0.2) is 0 Å². The number of hydrogen-bond acceptors (Lipinski definition) is 4. The highest BCUT2D eigenvalue weighted by atomic mass is 32.2. The minimum absolute atomic E-state index is 0.0628. The molecule has 1 saturated heterocycles. The zero-order valence-corrected chi connectivity index (χ0v) is 9.67. The number of aromatic nitrogens is 3. The van der Waals surface area contributed by atoms with Crippen LogP contribution in [0.1, 0.15) is 23.4 Å². The van der Waals surface area contributed by atoms with Crippen molar-refractivity contribution in [2.24, 2.45) is 0 Å². The Balaban J connectivity index is 2.13. The molecule has 0 aliphatic carbocycles. The molecule has 1 aliphatic rings. The Kier molecular flexibility index (Phi) is 2.95. The quantitative estimate of drug-likeness (QED) is 0.765. The van der Waals surface area contributed by atoms with Crippen molar-refractivity contribution in [1.82, 2.24) is 20.1 Å². The average Bonchev–Trinajstić information content (AvgIpc) is 2.65. The van der Waals surface area contributed by atoms with E-state index in [1.54, 1.807) is 6.92 Å². The Hall–Kier alpha value is -1.04. The van der Waals surface area contributed by atoms with E-state index in [0.717, 1.165) is 18.1 Å². The first-order valence-electron chi connectivity index (χ1n) is 4.96. The van der Waals surface area contributed by atoms with Crippen molar-refractivity contribution in [1.29, 1.82) is 0 Å². The van der Waals surface area contributed by atoms with Crippen molar-refractivity contribution in [2.75, 3.05) is 18.1 Å². The summed E-state index contributed by atoms with van der Waals surface area (Å²) < 4.78 is 0. The van der Waals surface area contributed by atoms with Crippen molar-refractivity contribution in [3.8, 4) is 0 Å². The number of hydrogen-bond donors (Lipinski definition) is 1. The average molecular weight is 226 g/mol. The maximum Gasteiger partial charge on any atom is 0.293 e. The molecule has 5 nitrogen and oxygen atoms in total. The van der Waals surface area contributed by atoms with Crippen molar-refractivity contribution in [3.05, 3.63) is 11.6 Å². The Morgan fingerprint density at radius 1 is 1.67 bits per heavy atom. The lowest BCUT2D eigenvalue weighted by Gasteiger charge is -2.32. The molecule has 1 atom stereocenters. The van der Waals surface area contributed by atoms with Crippen LogP contribution in [0.4, 0.5) is 0 Å². The van der Waals surface area contributed by atoms with Gasteiger partial charge in [0.25, 0.3) is 5.91 Å². The number of amides is 1. The summed E-state index contributed by atoms with van der Waals surface area (Å²) in [5, 5.41) is 6.58. The van der Waals surface area contributed by atoms with Crippen LogP contribution in [-0.4, -0.2) is 50.1 Å². The molecular formula is C9H14N4OS. The van der Waals surface area contributed by atoms with Gasteiger partial charge in [0.2, 0.25) is 5.82 Å². The first-order chi connectivity index (χ1) is 7.18. The highest BCUT2D eigenvalue weighted by Gasteiger charge is 2.26. The van der Waals surface area contributed by atoms with E-state index < -0.39 is 0 Å². The van der Waals surface area contributed by atoms with Gasteiger partial charge in [-0.2, -0.15) is 11.8 Å². The Bertz CT molecular complexity index is 365. The van der Waals surface area contributed by atoms with Crippen LogP contribution in [-0.2, 0) is 0 Å². The largest absolute Gasteiger partial charge is 0.332 e. The zero-order valence-electron chi connectivity index (χ0n) is 8.86. The summed E-state index contributed by atoms with van der Waals surface area (Å²) >= 11 is 1.88. The fraction of sp³-hybridized carbons (Fsp3) is 0.667. The highest BCUT2D eigenvalue weighted by Crippen LogP contribution is 2.17. The third kappa shape index (κ3) is 2.14. The minimum Gasteiger partial charge on any atom is -0.332 e. The van der Waals surface area contributed by atoms with Gasteiger partial charge in [0, 0.05) is 24.1 Å². The Morgan fingerprint density at radius 3 is 3.07 bits per heavy atom. The van der Waals surface area contributed by atoms with E-state index >= 15 is 0 Å². The van der Waals surface area contributed by atoms with Gasteiger partial charge < -0.3 is 4.90 Å². The molecule has 82 valence electrons. The monoisotopic (exact) mass is 226 g/mol. The van der Waals surface area contributed by atoms with Gasteiger partial charge in [0.05, 0.1) is 0 Å². The molecule has 6 heteroatoms.